The highest BCUT2D eigenvalue weighted by atomic mass is 19.1. The lowest BCUT2D eigenvalue weighted by atomic mass is 10.2. The zero-order chi connectivity index (χ0) is 13.2. The highest BCUT2D eigenvalue weighted by molar-refractivity contribution is 5.31. The molecule has 2 N–H and O–H groups in total. The summed E-state index contributed by atoms with van der Waals surface area (Å²) in [6.07, 6.45) is 4.38. The highest BCUT2D eigenvalue weighted by Gasteiger charge is 2.06. The standard InChI is InChI=1S/C15H20FNO/c1-2-3-4-5-6-7-11-18-14-10-8-9-13(12-17)15(14)16/h8-10H,2-5,11-12,17H2,1H3. The van der Waals surface area contributed by atoms with Gasteiger partial charge in [0.05, 0.1) is 0 Å². The molecule has 0 aliphatic heterocycles. The van der Waals surface area contributed by atoms with Gasteiger partial charge in [0.2, 0.25) is 0 Å². The summed E-state index contributed by atoms with van der Waals surface area (Å²) in [5.74, 6) is 5.74. The number of hydrogen-bond acceptors (Lipinski definition) is 2. The van der Waals surface area contributed by atoms with Gasteiger partial charge in [-0.1, -0.05) is 43.7 Å². The van der Waals surface area contributed by atoms with Gasteiger partial charge in [0, 0.05) is 18.5 Å². The van der Waals surface area contributed by atoms with E-state index in [1.165, 1.54) is 12.8 Å². The maximum Gasteiger partial charge on any atom is 0.169 e. The van der Waals surface area contributed by atoms with E-state index in [4.69, 9.17) is 10.5 Å². The quantitative estimate of drug-likeness (QED) is 0.620. The van der Waals surface area contributed by atoms with Crippen molar-refractivity contribution < 1.29 is 9.13 Å². The number of nitrogens with two attached hydrogens (primary N) is 1. The van der Waals surface area contributed by atoms with Crippen LogP contribution in [0.5, 0.6) is 5.75 Å². The third kappa shape index (κ3) is 4.77. The van der Waals surface area contributed by atoms with Crippen molar-refractivity contribution >= 4 is 0 Å². The Hall–Kier alpha value is -1.53. The van der Waals surface area contributed by atoms with Crippen LogP contribution in [0.4, 0.5) is 4.39 Å². The number of hydrogen-bond donors (Lipinski definition) is 1. The first-order valence-corrected chi connectivity index (χ1v) is 6.35. The van der Waals surface area contributed by atoms with Gasteiger partial charge >= 0.3 is 0 Å². The van der Waals surface area contributed by atoms with Gasteiger partial charge in [-0.3, -0.25) is 0 Å². The lowest BCUT2D eigenvalue weighted by Crippen LogP contribution is -2.03. The molecule has 0 aliphatic rings. The van der Waals surface area contributed by atoms with Crippen molar-refractivity contribution in [2.45, 2.75) is 39.2 Å². The Kier molecular flexibility index (Phi) is 6.90. The van der Waals surface area contributed by atoms with Crippen molar-refractivity contribution in [3.63, 3.8) is 0 Å². The van der Waals surface area contributed by atoms with Gasteiger partial charge in [0.15, 0.2) is 11.6 Å². The van der Waals surface area contributed by atoms with Crippen LogP contribution >= 0.6 is 0 Å². The molecule has 1 rings (SSSR count). The number of ether oxygens (including phenoxy) is 1. The Morgan fingerprint density at radius 2 is 2.11 bits per heavy atom. The third-order valence-electron chi connectivity index (χ3n) is 2.59. The number of rotatable bonds is 6. The molecule has 0 fully saturated rings. The largest absolute Gasteiger partial charge is 0.478 e. The molecule has 1 aromatic carbocycles. The van der Waals surface area contributed by atoms with E-state index in [1.807, 2.05) is 0 Å². The van der Waals surface area contributed by atoms with Crippen LogP contribution in [-0.2, 0) is 6.54 Å². The highest BCUT2D eigenvalue weighted by Crippen LogP contribution is 2.19. The summed E-state index contributed by atoms with van der Waals surface area (Å²) in [7, 11) is 0. The smallest absolute Gasteiger partial charge is 0.169 e. The summed E-state index contributed by atoms with van der Waals surface area (Å²) < 4.78 is 19.0. The monoisotopic (exact) mass is 249 g/mol. The van der Waals surface area contributed by atoms with Gasteiger partial charge in [-0.15, -0.1) is 0 Å². The van der Waals surface area contributed by atoms with Crippen LogP contribution in [-0.4, -0.2) is 6.61 Å². The molecule has 18 heavy (non-hydrogen) atoms. The minimum Gasteiger partial charge on any atom is -0.478 e. The fourth-order valence-electron chi connectivity index (χ4n) is 1.54. The van der Waals surface area contributed by atoms with E-state index in [0.717, 1.165) is 12.8 Å². The van der Waals surface area contributed by atoms with E-state index in [-0.39, 0.29) is 24.7 Å². The summed E-state index contributed by atoms with van der Waals surface area (Å²) in [5.41, 5.74) is 5.88. The SMILES string of the molecule is CCCCCC#CCOc1cccc(CN)c1F. The molecule has 0 aromatic heterocycles. The molecule has 0 atom stereocenters. The first kappa shape index (κ1) is 14.5. The fourth-order valence-corrected chi connectivity index (χ4v) is 1.54. The van der Waals surface area contributed by atoms with E-state index in [2.05, 4.69) is 18.8 Å². The Labute approximate surface area is 108 Å². The summed E-state index contributed by atoms with van der Waals surface area (Å²) in [5, 5.41) is 0. The molecule has 0 saturated carbocycles. The predicted molar refractivity (Wildman–Crippen MR) is 71.7 cm³/mol. The molecule has 0 saturated heterocycles. The second kappa shape index (κ2) is 8.54. The molecule has 0 radical (unpaired) electrons. The molecule has 0 bridgehead atoms. The number of halogens is 1. The van der Waals surface area contributed by atoms with Crippen LogP contribution in [0.1, 0.15) is 38.2 Å². The second-order valence-electron chi connectivity index (χ2n) is 4.03. The minimum absolute atomic E-state index is 0.172. The van der Waals surface area contributed by atoms with Crippen LogP contribution in [0.2, 0.25) is 0 Å². The fraction of sp³-hybridized carbons (Fsp3) is 0.467. The van der Waals surface area contributed by atoms with E-state index in [1.54, 1.807) is 18.2 Å². The van der Waals surface area contributed by atoms with Gasteiger partial charge in [-0.05, 0) is 12.5 Å². The molecular weight excluding hydrogens is 229 g/mol. The first-order valence-electron chi connectivity index (χ1n) is 6.35. The Balaban J connectivity index is 2.39. The summed E-state index contributed by atoms with van der Waals surface area (Å²) in [4.78, 5) is 0. The zero-order valence-corrected chi connectivity index (χ0v) is 10.8. The van der Waals surface area contributed by atoms with E-state index >= 15 is 0 Å². The van der Waals surface area contributed by atoms with Crippen molar-refractivity contribution in [2.24, 2.45) is 5.73 Å². The van der Waals surface area contributed by atoms with Crippen molar-refractivity contribution in [1.82, 2.24) is 0 Å². The average molecular weight is 249 g/mol. The maximum atomic E-state index is 13.7. The van der Waals surface area contributed by atoms with Gasteiger partial charge in [-0.2, -0.15) is 0 Å². The lowest BCUT2D eigenvalue weighted by molar-refractivity contribution is 0.346. The van der Waals surface area contributed by atoms with Crippen molar-refractivity contribution in [1.29, 1.82) is 0 Å². The number of unbranched alkanes of at least 4 members (excludes halogenated alkanes) is 3. The van der Waals surface area contributed by atoms with Gasteiger partial charge in [-0.25, -0.2) is 4.39 Å². The Morgan fingerprint density at radius 1 is 1.28 bits per heavy atom. The lowest BCUT2D eigenvalue weighted by Gasteiger charge is -2.06. The van der Waals surface area contributed by atoms with Gasteiger partial charge in [0.1, 0.15) is 6.61 Å². The normalized spacial score (nSPS) is 9.72. The van der Waals surface area contributed by atoms with Crippen molar-refractivity contribution in [3.05, 3.63) is 29.6 Å². The molecule has 0 spiro atoms. The summed E-state index contributed by atoms with van der Waals surface area (Å²) in [6.45, 7) is 2.55. The third-order valence-corrected chi connectivity index (χ3v) is 2.59. The van der Waals surface area contributed by atoms with E-state index in [0.29, 0.717) is 5.56 Å². The average Bonchev–Trinajstić information content (AvgIpc) is 2.39. The molecular formula is C15H20FNO. The molecule has 1 aromatic rings. The first-order chi connectivity index (χ1) is 8.79. The topological polar surface area (TPSA) is 35.2 Å². The maximum absolute atomic E-state index is 13.7. The minimum atomic E-state index is -0.382. The van der Waals surface area contributed by atoms with Crippen molar-refractivity contribution in [3.8, 4) is 17.6 Å². The van der Waals surface area contributed by atoms with Crippen LogP contribution in [0.25, 0.3) is 0 Å². The van der Waals surface area contributed by atoms with Crippen LogP contribution in [0, 0.1) is 17.7 Å². The molecule has 0 amide bonds. The van der Waals surface area contributed by atoms with Crippen LogP contribution in [0.3, 0.4) is 0 Å². The van der Waals surface area contributed by atoms with Gasteiger partial charge < -0.3 is 10.5 Å². The zero-order valence-electron chi connectivity index (χ0n) is 10.8. The van der Waals surface area contributed by atoms with E-state index in [9.17, 15) is 4.39 Å². The van der Waals surface area contributed by atoms with Gasteiger partial charge in [0.25, 0.3) is 0 Å². The summed E-state index contributed by atoms with van der Waals surface area (Å²) >= 11 is 0. The number of benzene rings is 1. The molecule has 0 unspecified atom stereocenters. The Bertz CT molecular complexity index is 420. The molecule has 3 heteroatoms. The summed E-state index contributed by atoms with van der Waals surface area (Å²) in [6, 6.07) is 4.97. The Morgan fingerprint density at radius 3 is 2.83 bits per heavy atom. The van der Waals surface area contributed by atoms with Crippen LogP contribution in [0.15, 0.2) is 18.2 Å². The van der Waals surface area contributed by atoms with Crippen molar-refractivity contribution in [2.75, 3.05) is 6.61 Å². The van der Waals surface area contributed by atoms with Crippen LogP contribution < -0.4 is 10.5 Å². The molecule has 2 nitrogen and oxygen atoms in total. The predicted octanol–water partition coefficient (Wildman–Crippen LogP) is 3.25. The molecule has 0 heterocycles. The second-order valence-corrected chi connectivity index (χ2v) is 4.03. The molecule has 98 valence electrons. The molecule has 0 aliphatic carbocycles. The van der Waals surface area contributed by atoms with E-state index < -0.39 is 0 Å².